The maximum atomic E-state index is 11.8. The van der Waals surface area contributed by atoms with E-state index in [9.17, 15) is 4.79 Å². The van der Waals surface area contributed by atoms with Gasteiger partial charge in [-0.1, -0.05) is 6.07 Å². The number of hydrogen-bond donors (Lipinski definition) is 2. The van der Waals surface area contributed by atoms with E-state index >= 15 is 0 Å². The molecule has 3 N–H and O–H groups in total. The summed E-state index contributed by atoms with van der Waals surface area (Å²) in [5.74, 6) is 0.791. The third kappa shape index (κ3) is 4.05. The summed E-state index contributed by atoms with van der Waals surface area (Å²) in [4.78, 5) is 13.6. The molecule has 1 rings (SSSR count). The molecular weight excluding hydrogens is 242 g/mol. The van der Waals surface area contributed by atoms with Gasteiger partial charge in [-0.15, -0.1) is 0 Å². The van der Waals surface area contributed by atoms with Gasteiger partial charge in [-0.25, -0.2) is 0 Å². The number of nitrogen functional groups attached to an aromatic ring is 1. The fourth-order valence-corrected chi connectivity index (χ4v) is 1.91. The number of carbonyl (C=O) groups excluding carboxylic acids is 1. The first kappa shape index (κ1) is 15.1. The van der Waals surface area contributed by atoms with Gasteiger partial charge < -0.3 is 20.7 Å². The summed E-state index contributed by atoms with van der Waals surface area (Å²) in [5, 5.41) is 3.17. The van der Waals surface area contributed by atoms with Gasteiger partial charge in [0.2, 0.25) is 5.91 Å². The van der Waals surface area contributed by atoms with Crippen molar-refractivity contribution in [2.45, 2.75) is 20.3 Å². The summed E-state index contributed by atoms with van der Waals surface area (Å²) in [6.07, 6.45) is 0.457. The number of para-hydroxylation sites is 1. The van der Waals surface area contributed by atoms with Gasteiger partial charge in [0.05, 0.1) is 18.5 Å². The minimum Gasteiger partial charge on any atom is -0.495 e. The largest absolute Gasteiger partial charge is 0.495 e. The molecule has 1 amide bonds. The summed E-state index contributed by atoms with van der Waals surface area (Å²) >= 11 is 0. The molecule has 0 aliphatic heterocycles. The van der Waals surface area contributed by atoms with E-state index in [-0.39, 0.29) is 5.91 Å². The minimum absolute atomic E-state index is 0.152. The summed E-state index contributed by atoms with van der Waals surface area (Å²) in [6.45, 7) is 6.02. The first-order chi connectivity index (χ1) is 9.13. The molecule has 106 valence electrons. The summed E-state index contributed by atoms with van der Waals surface area (Å²) in [6, 6.07) is 5.55. The van der Waals surface area contributed by atoms with Gasteiger partial charge in [-0.3, -0.25) is 4.79 Å². The highest BCUT2D eigenvalue weighted by Gasteiger charge is 2.09. The maximum Gasteiger partial charge on any atom is 0.224 e. The highest BCUT2D eigenvalue weighted by atomic mass is 16.5. The van der Waals surface area contributed by atoms with Crippen molar-refractivity contribution in [1.29, 1.82) is 0 Å². The van der Waals surface area contributed by atoms with Crippen LogP contribution in [0.3, 0.4) is 0 Å². The number of methoxy groups -OCH3 is 1. The van der Waals surface area contributed by atoms with Crippen molar-refractivity contribution in [3.8, 4) is 5.75 Å². The maximum absolute atomic E-state index is 11.8. The van der Waals surface area contributed by atoms with Gasteiger partial charge >= 0.3 is 0 Å². The van der Waals surface area contributed by atoms with Crippen LogP contribution in [-0.4, -0.2) is 37.6 Å². The molecule has 0 fully saturated rings. The van der Waals surface area contributed by atoms with Gasteiger partial charge in [0.25, 0.3) is 0 Å². The quantitative estimate of drug-likeness (QED) is 0.739. The highest BCUT2D eigenvalue weighted by molar-refractivity contribution is 5.77. The molecule has 0 unspecified atom stereocenters. The van der Waals surface area contributed by atoms with E-state index in [1.165, 1.54) is 0 Å². The molecule has 0 bridgehead atoms. The van der Waals surface area contributed by atoms with E-state index < -0.39 is 0 Å². The van der Waals surface area contributed by atoms with E-state index in [1.807, 2.05) is 36.9 Å². The second-order valence-electron chi connectivity index (χ2n) is 4.16. The zero-order chi connectivity index (χ0) is 14.3. The topological polar surface area (TPSA) is 67.6 Å². The third-order valence-corrected chi connectivity index (χ3v) is 3.06. The number of carbonyl (C=O) groups is 1. The van der Waals surface area contributed by atoms with Crippen LogP contribution in [0.1, 0.15) is 20.3 Å². The third-order valence-electron chi connectivity index (χ3n) is 3.06. The fourth-order valence-electron chi connectivity index (χ4n) is 1.91. The first-order valence-electron chi connectivity index (χ1n) is 6.58. The fraction of sp³-hybridized carbons (Fsp3) is 0.500. The van der Waals surface area contributed by atoms with Crippen molar-refractivity contribution in [3.63, 3.8) is 0 Å². The predicted molar refractivity (Wildman–Crippen MR) is 78.4 cm³/mol. The molecule has 1 aromatic carbocycles. The lowest BCUT2D eigenvalue weighted by molar-refractivity contribution is -0.130. The molecule has 1 aromatic rings. The van der Waals surface area contributed by atoms with Crippen molar-refractivity contribution in [1.82, 2.24) is 4.90 Å². The zero-order valence-electron chi connectivity index (χ0n) is 11.9. The Morgan fingerprint density at radius 3 is 2.63 bits per heavy atom. The molecule has 0 saturated heterocycles. The number of benzene rings is 1. The summed E-state index contributed by atoms with van der Waals surface area (Å²) < 4.78 is 5.15. The molecule has 0 atom stereocenters. The summed E-state index contributed by atoms with van der Waals surface area (Å²) in [5.41, 5.74) is 7.31. The first-order valence-corrected chi connectivity index (χ1v) is 6.58. The van der Waals surface area contributed by atoms with Gasteiger partial charge in [0.15, 0.2) is 0 Å². The Balaban J connectivity index is 2.52. The van der Waals surface area contributed by atoms with Gasteiger partial charge in [0, 0.05) is 26.1 Å². The van der Waals surface area contributed by atoms with Crippen LogP contribution in [0, 0.1) is 0 Å². The Hall–Kier alpha value is -1.91. The monoisotopic (exact) mass is 265 g/mol. The summed E-state index contributed by atoms with van der Waals surface area (Å²) in [7, 11) is 1.58. The predicted octanol–water partition coefficient (Wildman–Crippen LogP) is 1.95. The van der Waals surface area contributed by atoms with Crippen molar-refractivity contribution in [3.05, 3.63) is 18.2 Å². The number of nitrogens with one attached hydrogen (secondary N) is 1. The average Bonchev–Trinajstić information content (AvgIpc) is 2.42. The van der Waals surface area contributed by atoms with Gasteiger partial charge in [-0.05, 0) is 26.0 Å². The Labute approximate surface area is 114 Å². The second-order valence-corrected chi connectivity index (χ2v) is 4.16. The van der Waals surface area contributed by atoms with Crippen molar-refractivity contribution in [2.75, 3.05) is 37.8 Å². The van der Waals surface area contributed by atoms with Crippen molar-refractivity contribution >= 4 is 17.3 Å². The molecule has 5 nitrogen and oxygen atoms in total. The molecule has 0 radical (unpaired) electrons. The Morgan fingerprint density at radius 2 is 2.05 bits per heavy atom. The Morgan fingerprint density at radius 1 is 1.37 bits per heavy atom. The zero-order valence-corrected chi connectivity index (χ0v) is 11.9. The minimum atomic E-state index is 0.152. The van der Waals surface area contributed by atoms with Gasteiger partial charge in [-0.2, -0.15) is 0 Å². The number of nitrogens with two attached hydrogens (primary N) is 1. The molecule has 0 aliphatic rings. The molecule has 0 aromatic heterocycles. The second kappa shape index (κ2) is 7.51. The van der Waals surface area contributed by atoms with Crippen LogP contribution in [-0.2, 0) is 4.79 Å². The van der Waals surface area contributed by atoms with Gasteiger partial charge in [0.1, 0.15) is 5.75 Å². The molecular formula is C14H23N3O2. The van der Waals surface area contributed by atoms with E-state index in [4.69, 9.17) is 10.5 Å². The lowest BCUT2D eigenvalue weighted by Crippen LogP contribution is -2.31. The van der Waals surface area contributed by atoms with E-state index in [2.05, 4.69) is 5.32 Å². The molecule has 0 saturated carbocycles. The van der Waals surface area contributed by atoms with Crippen LogP contribution >= 0.6 is 0 Å². The average molecular weight is 265 g/mol. The van der Waals surface area contributed by atoms with Crippen LogP contribution in [0.2, 0.25) is 0 Å². The lowest BCUT2D eigenvalue weighted by atomic mass is 10.2. The molecule has 0 heterocycles. The normalized spacial score (nSPS) is 10.1. The number of ether oxygens (including phenoxy) is 1. The number of rotatable bonds is 7. The van der Waals surface area contributed by atoms with Crippen LogP contribution < -0.4 is 15.8 Å². The SMILES string of the molecule is CCN(CC)C(=O)CCNc1cccc(OC)c1N. The van der Waals surface area contributed by atoms with Crippen molar-refractivity contribution < 1.29 is 9.53 Å². The standard InChI is InChI=1S/C14H23N3O2/c1-4-17(5-2)13(18)9-10-16-11-7-6-8-12(19-3)14(11)15/h6-8,16H,4-5,9-10,15H2,1-3H3. The van der Waals surface area contributed by atoms with Crippen LogP contribution in [0.4, 0.5) is 11.4 Å². The lowest BCUT2D eigenvalue weighted by Gasteiger charge is -2.19. The number of anilines is 2. The van der Waals surface area contributed by atoms with E-state index in [0.29, 0.717) is 24.4 Å². The number of amides is 1. The molecule has 5 heteroatoms. The Bertz CT molecular complexity index is 417. The molecule has 19 heavy (non-hydrogen) atoms. The van der Waals surface area contributed by atoms with E-state index in [0.717, 1.165) is 18.8 Å². The van der Waals surface area contributed by atoms with Crippen molar-refractivity contribution in [2.24, 2.45) is 0 Å². The van der Waals surface area contributed by atoms with E-state index in [1.54, 1.807) is 7.11 Å². The number of nitrogens with zero attached hydrogens (tertiary/aromatic N) is 1. The smallest absolute Gasteiger partial charge is 0.224 e. The van der Waals surface area contributed by atoms with Crippen LogP contribution in [0.15, 0.2) is 18.2 Å². The Kier molecular flexibility index (Phi) is 5.99. The molecule has 0 aliphatic carbocycles. The number of hydrogen-bond acceptors (Lipinski definition) is 4. The van der Waals surface area contributed by atoms with Crippen LogP contribution in [0.25, 0.3) is 0 Å². The highest BCUT2D eigenvalue weighted by Crippen LogP contribution is 2.28. The van der Waals surface area contributed by atoms with Crippen LogP contribution in [0.5, 0.6) is 5.75 Å². The molecule has 0 spiro atoms.